The van der Waals surface area contributed by atoms with E-state index < -0.39 is 7.12 Å². The number of hydrogen-bond acceptors (Lipinski definition) is 12. The van der Waals surface area contributed by atoms with E-state index in [0.717, 1.165) is 119 Å². The van der Waals surface area contributed by atoms with E-state index in [0.29, 0.717) is 34.6 Å². The topological polar surface area (TPSA) is 154 Å². The number of hydrogen-bond donors (Lipinski definition) is 2. The van der Waals surface area contributed by atoms with Gasteiger partial charge in [-0.1, -0.05) is 224 Å². The van der Waals surface area contributed by atoms with Crippen molar-refractivity contribution >= 4 is 175 Å². The second-order valence-electron chi connectivity index (χ2n) is 25.9. The van der Waals surface area contributed by atoms with Gasteiger partial charge in [-0.25, -0.2) is 19.9 Å². The maximum Gasteiger partial charge on any atom is 0.489 e. The van der Waals surface area contributed by atoms with Gasteiger partial charge in [0.2, 0.25) is 5.28 Å². The smallest absolute Gasteiger partial charge is 0.456 e. The van der Waals surface area contributed by atoms with Gasteiger partial charge in [-0.2, -0.15) is 9.97 Å². The summed E-state index contributed by atoms with van der Waals surface area (Å²) in [6, 6.07) is 107. The summed E-state index contributed by atoms with van der Waals surface area (Å²) in [5.41, 5.74) is 15.5. The number of para-hydroxylation sites is 4. The van der Waals surface area contributed by atoms with Gasteiger partial charge in [-0.3, -0.25) is 0 Å². The van der Waals surface area contributed by atoms with Crippen LogP contribution in [0.4, 0.5) is 0 Å². The molecule has 8 heterocycles. The molecule has 0 amide bonds. The van der Waals surface area contributed by atoms with Gasteiger partial charge in [0.15, 0.2) is 29.1 Å². The van der Waals surface area contributed by atoms with Crippen LogP contribution in [0.15, 0.2) is 324 Å². The number of halogens is 1. The van der Waals surface area contributed by atoms with E-state index in [1.54, 1.807) is 28.7 Å². The molecule has 22 aromatic rings. The Balaban J connectivity index is 0.000000117. The number of fused-ring (bicyclic) bond motifs is 20. The third kappa shape index (κ3) is 10.7. The summed E-state index contributed by atoms with van der Waals surface area (Å²) in [5, 5.41) is 33.8. The molecule has 0 fully saturated rings. The molecule has 500 valence electrons. The molecule has 0 unspecified atom stereocenters. The quantitative estimate of drug-likeness (QED) is 0.141. The van der Waals surface area contributed by atoms with Crippen LogP contribution in [0.5, 0.6) is 0 Å². The van der Waals surface area contributed by atoms with E-state index in [1.165, 1.54) is 48.1 Å². The van der Waals surface area contributed by atoms with Gasteiger partial charge in [-0.15, -0.1) is 22.7 Å². The van der Waals surface area contributed by atoms with Crippen LogP contribution in [0.3, 0.4) is 0 Å². The second-order valence-corrected chi connectivity index (χ2v) is 28.3. The van der Waals surface area contributed by atoms with E-state index in [1.807, 2.05) is 140 Å². The van der Waals surface area contributed by atoms with Crippen molar-refractivity contribution < 1.29 is 18.9 Å². The molecule has 106 heavy (non-hydrogen) atoms. The molecule has 16 heteroatoms. The van der Waals surface area contributed by atoms with E-state index >= 15 is 0 Å². The Labute approximate surface area is 617 Å². The highest BCUT2D eigenvalue weighted by molar-refractivity contribution is 7.28. The summed E-state index contributed by atoms with van der Waals surface area (Å²) < 4.78 is 22.0. The highest BCUT2D eigenvalue weighted by Gasteiger charge is 2.24. The SMILES string of the molecule is Clc1nc(-c2ccccc2)nc(-c2ccccc2)n1.OB(O)c1cccc2c1sc1c2ccc2oc3cc(-n4c5ccccc5c5ccccc54)ccc3c21.c1ccc(-c2nc(-c3ccccc3)nc(-c3cccc4c3sc3c4ccc4oc5cc(-n6c7ccccc7c7ccccc76)ccc5c43)n2)cc1. The molecular formula is C90H54BClN8O4S2. The normalized spacial score (nSPS) is 11.7. The Morgan fingerprint density at radius 2 is 0.613 bits per heavy atom. The highest BCUT2D eigenvalue weighted by Crippen LogP contribution is 2.47. The Bertz CT molecular complexity index is 7000. The average Bonchev–Trinajstić information content (AvgIpc) is 1.56. The van der Waals surface area contributed by atoms with Crippen molar-refractivity contribution in [2.45, 2.75) is 0 Å². The fraction of sp³-hybridized carbons (Fsp3) is 0. The minimum absolute atomic E-state index is 0.202. The predicted molar refractivity (Wildman–Crippen MR) is 437 cm³/mol. The molecule has 0 aliphatic heterocycles. The van der Waals surface area contributed by atoms with Crippen molar-refractivity contribution in [3.8, 4) is 68.3 Å². The summed E-state index contributed by atoms with van der Waals surface area (Å²) >= 11 is 9.35. The number of nitrogens with zero attached hydrogens (tertiary/aromatic N) is 8. The van der Waals surface area contributed by atoms with Gasteiger partial charge >= 0.3 is 7.12 Å². The van der Waals surface area contributed by atoms with Gasteiger partial charge in [0.25, 0.3) is 0 Å². The van der Waals surface area contributed by atoms with Crippen LogP contribution in [0.2, 0.25) is 5.28 Å². The first-order valence-electron chi connectivity index (χ1n) is 34.6. The maximum absolute atomic E-state index is 9.90. The zero-order chi connectivity index (χ0) is 70.5. The van der Waals surface area contributed by atoms with Crippen molar-refractivity contribution in [3.05, 3.63) is 321 Å². The monoisotopic (exact) mass is 1420 g/mol. The van der Waals surface area contributed by atoms with Crippen LogP contribution < -0.4 is 5.46 Å². The Hall–Kier alpha value is -13.0. The standard InChI is InChI=1S/C45H26N4OS.C30H18BNO3S.C15H10ClN3/c1-3-12-27(13-4-1)43-46-44(28-14-5-2-6-15-28)48-45(47-43)35-19-11-18-32-33-24-25-38-40(42(33)51-41(32)35)34-23-22-29(26-39(34)50-38)49-36-20-9-7-16-30(36)31-17-8-10-21-37(31)49;33-31(34)23-9-5-8-20-21-14-15-26-28(30(21)36-29(20)23)22-13-12-17(16-27(22)35-26)32-24-10-3-1-6-18(24)19-7-2-4-11-25(19)32;16-15-18-13(11-7-3-1-4-8-11)17-14(19-15)12-9-5-2-6-10-12/h1-26H;1-16,33-34H;1-10H. The molecule has 2 N–H and O–H groups in total. The van der Waals surface area contributed by atoms with Crippen LogP contribution >= 0.6 is 34.3 Å². The first-order chi connectivity index (χ1) is 52.3. The molecule has 0 aliphatic rings. The zero-order valence-electron chi connectivity index (χ0n) is 56.1. The molecule has 22 rings (SSSR count). The summed E-state index contributed by atoms with van der Waals surface area (Å²) in [4.78, 5) is 27.9. The van der Waals surface area contributed by atoms with E-state index in [2.05, 4.69) is 194 Å². The Morgan fingerprint density at radius 1 is 0.283 bits per heavy atom. The molecule has 0 saturated heterocycles. The van der Waals surface area contributed by atoms with E-state index in [4.69, 9.17) is 35.4 Å². The highest BCUT2D eigenvalue weighted by atomic mass is 35.5. The van der Waals surface area contributed by atoms with Gasteiger partial charge in [-0.05, 0) is 101 Å². The van der Waals surface area contributed by atoms with Crippen LogP contribution in [0, 0.1) is 0 Å². The summed E-state index contributed by atoms with van der Waals surface area (Å²) in [7, 11) is -1.51. The summed E-state index contributed by atoms with van der Waals surface area (Å²) in [6.45, 7) is 0. The first kappa shape index (κ1) is 62.8. The summed E-state index contributed by atoms with van der Waals surface area (Å²) in [5.74, 6) is 3.13. The molecule has 8 aromatic heterocycles. The lowest BCUT2D eigenvalue weighted by molar-refractivity contribution is 0.426. The first-order valence-corrected chi connectivity index (χ1v) is 36.7. The third-order valence-electron chi connectivity index (χ3n) is 19.8. The zero-order valence-corrected chi connectivity index (χ0v) is 58.5. The lowest BCUT2D eigenvalue weighted by atomic mass is 9.80. The fourth-order valence-electron chi connectivity index (χ4n) is 15.0. The van der Waals surface area contributed by atoms with Gasteiger partial charge in [0.1, 0.15) is 22.3 Å². The van der Waals surface area contributed by atoms with E-state index in [-0.39, 0.29) is 5.28 Å². The molecule has 12 nitrogen and oxygen atoms in total. The molecular weight excluding hydrogens is 1370 g/mol. The largest absolute Gasteiger partial charge is 0.489 e. The number of thiophene rings is 2. The van der Waals surface area contributed by atoms with Crippen molar-refractivity contribution in [2.24, 2.45) is 0 Å². The minimum Gasteiger partial charge on any atom is -0.456 e. The molecule has 0 spiro atoms. The van der Waals surface area contributed by atoms with Gasteiger partial charge in [0.05, 0.1) is 22.1 Å². The third-order valence-corrected chi connectivity index (χ3v) is 22.5. The minimum atomic E-state index is -1.51. The number of aromatic nitrogens is 8. The molecule has 0 aliphatic carbocycles. The average molecular weight is 1420 g/mol. The molecule has 0 atom stereocenters. The number of furan rings is 2. The lowest BCUT2D eigenvalue weighted by Gasteiger charge is -2.09. The van der Waals surface area contributed by atoms with Crippen molar-refractivity contribution in [1.82, 2.24) is 39.0 Å². The Kier molecular flexibility index (Phi) is 15.3. The molecule has 0 saturated carbocycles. The lowest BCUT2D eigenvalue weighted by Crippen LogP contribution is -2.29. The van der Waals surface area contributed by atoms with Crippen molar-refractivity contribution in [2.75, 3.05) is 0 Å². The fourth-order valence-corrected chi connectivity index (χ4v) is 17.9. The summed E-state index contributed by atoms with van der Waals surface area (Å²) in [6.07, 6.45) is 0. The predicted octanol–water partition coefficient (Wildman–Crippen LogP) is 22.8. The van der Waals surface area contributed by atoms with Crippen LogP contribution in [0.1, 0.15) is 0 Å². The van der Waals surface area contributed by atoms with Crippen LogP contribution in [0.25, 0.3) is 196 Å². The van der Waals surface area contributed by atoms with Crippen LogP contribution in [-0.2, 0) is 0 Å². The van der Waals surface area contributed by atoms with Crippen molar-refractivity contribution in [3.63, 3.8) is 0 Å². The Morgan fingerprint density at radius 3 is 1.03 bits per heavy atom. The van der Waals surface area contributed by atoms with Crippen LogP contribution in [-0.4, -0.2) is 56.2 Å². The maximum atomic E-state index is 9.90. The van der Waals surface area contributed by atoms with Gasteiger partial charge in [0, 0.05) is 129 Å². The molecule has 0 radical (unpaired) electrons. The van der Waals surface area contributed by atoms with Crippen molar-refractivity contribution in [1.29, 1.82) is 0 Å². The molecule has 14 aromatic carbocycles. The number of benzene rings is 14. The van der Waals surface area contributed by atoms with E-state index in [9.17, 15) is 10.0 Å². The molecule has 0 bridgehead atoms. The number of rotatable bonds is 8. The second kappa shape index (κ2) is 25.8. The van der Waals surface area contributed by atoms with Gasteiger partial charge < -0.3 is 28.0 Å².